The Kier molecular flexibility index (Phi) is 7.63. The average molecular weight is 653 g/mol. The topological polar surface area (TPSA) is 76.3 Å². The van der Waals surface area contributed by atoms with E-state index in [9.17, 15) is 15.8 Å². The number of fused-ring (bicyclic) bond motifs is 3. The first-order valence-corrected chi connectivity index (χ1v) is 18.4. The lowest BCUT2D eigenvalue weighted by atomic mass is 9.94. The monoisotopic (exact) mass is 652 g/mol. The van der Waals surface area contributed by atoms with Crippen LogP contribution in [0.3, 0.4) is 0 Å². The standard InChI is InChI=1S/C45H28N4Si/c46-29-32-23-24-44-42(25-32)41-21-10-11-22-43(41)49(44)36-26-34(30-47)45(35(27-36)31-48)33-13-12-20-40(28-33)50(37-14-4-1-5-15-37,38-16-6-2-7-17-38)39-18-8-3-9-19-39/h1-28H. The molecule has 0 aliphatic carbocycles. The Hall–Kier alpha value is -6.97. The van der Waals surface area contributed by atoms with Crippen molar-refractivity contribution in [2.45, 2.75) is 0 Å². The summed E-state index contributed by atoms with van der Waals surface area (Å²) in [5.41, 5.74) is 5.40. The van der Waals surface area contributed by atoms with Crippen molar-refractivity contribution in [1.29, 1.82) is 15.8 Å². The van der Waals surface area contributed by atoms with Crippen molar-refractivity contribution in [2.24, 2.45) is 0 Å². The Bertz CT molecular complexity index is 2540. The molecule has 0 spiro atoms. The quantitative estimate of drug-likeness (QED) is 0.138. The minimum Gasteiger partial charge on any atom is -0.309 e. The van der Waals surface area contributed by atoms with Crippen LogP contribution in [0.15, 0.2) is 170 Å². The van der Waals surface area contributed by atoms with Gasteiger partial charge < -0.3 is 4.57 Å². The van der Waals surface area contributed by atoms with Crippen LogP contribution >= 0.6 is 0 Å². The van der Waals surface area contributed by atoms with Gasteiger partial charge in [-0.3, -0.25) is 0 Å². The molecule has 0 aliphatic heterocycles. The van der Waals surface area contributed by atoms with Crippen LogP contribution in [0.2, 0.25) is 0 Å². The van der Waals surface area contributed by atoms with E-state index in [1.165, 1.54) is 15.6 Å². The molecule has 0 saturated heterocycles. The second kappa shape index (κ2) is 12.6. The third kappa shape index (κ3) is 4.80. The van der Waals surface area contributed by atoms with E-state index < -0.39 is 8.07 Å². The molecule has 4 nitrogen and oxygen atoms in total. The van der Waals surface area contributed by atoms with Crippen molar-refractivity contribution < 1.29 is 0 Å². The van der Waals surface area contributed by atoms with Crippen LogP contribution < -0.4 is 20.7 Å². The SMILES string of the molecule is N#Cc1ccc2c(c1)c1ccccc1n2-c1cc(C#N)c(-c2cccc([Si](c3ccccc3)(c3ccccc3)c3ccccc3)c2)c(C#N)c1. The van der Waals surface area contributed by atoms with Gasteiger partial charge in [-0.15, -0.1) is 0 Å². The van der Waals surface area contributed by atoms with Crippen LogP contribution in [-0.2, 0) is 0 Å². The molecular weight excluding hydrogens is 625 g/mol. The number of hydrogen-bond donors (Lipinski definition) is 0. The van der Waals surface area contributed by atoms with Gasteiger partial charge in [-0.25, -0.2) is 0 Å². The highest BCUT2D eigenvalue weighted by Crippen LogP contribution is 2.36. The van der Waals surface area contributed by atoms with Crippen LogP contribution in [0.25, 0.3) is 38.6 Å². The summed E-state index contributed by atoms with van der Waals surface area (Å²) in [6.45, 7) is 0. The van der Waals surface area contributed by atoms with Gasteiger partial charge in [0, 0.05) is 22.0 Å². The van der Waals surface area contributed by atoms with Crippen molar-refractivity contribution in [1.82, 2.24) is 4.57 Å². The molecule has 0 amide bonds. The fraction of sp³-hybridized carbons (Fsp3) is 0. The molecule has 232 valence electrons. The Balaban J connectivity index is 1.38. The van der Waals surface area contributed by atoms with Gasteiger partial charge in [0.25, 0.3) is 0 Å². The number of rotatable bonds is 6. The van der Waals surface area contributed by atoms with Gasteiger partial charge in [0.1, 0.15) is 0 Å². The zero-order valence-corrected chi connectivity index (χ0v) is 28.0. The van der Waals surface area contributed by atoms with Crippen LogP contribution in [0.1, 0.15) is 16.7 Å². The minimum atomic E-state index is -2.84. The van der Waals surface area contributed by atoms with E-state index in [-0.39, 0.29) is 0 Å². The average Bonchev–Trinajstić information content (AvgIpc) is 3.52. The lowest BCUT2D eigenvalue weighted by molar-refractivity contribution is 1.17. The van der Waals surface area contributed by atoms with Crippen molar-refractivity contribution in [3.8, 4) is 35.0 Å². The molecule has 0 N–H and O–H groups in total. The summed E-state index contributed by atoms with van der Waals surface area (Å²) in [4.78, 5) is 0. The lowest BCUT2D eigenvalue weighted by Crippen LogP contribution is -2.74. The first kappa shape index (κ1) is 30.4. The second-order valence-corrected chi connectivity index (χ2v) is 16.1. The molecule has 7 aromatic carbocycles. The van der Waals surface area contributed by atoms with Crippen LogP contribution in [0.5, 0.6) is 0 Å². The Morgan fingerprint density at radius 2 is 0.940 bits per heavy atom. The molecule has 0 bridgehead atoms. The molecule has 0 aliphatic rings. The molecule has 8 rings (SSSR count). The predicted molar refractivity (Wildman–Crippen MR) is 204 cm³/mol. The molecule has 0 atom stereocenters. The first-order chi connectivity index (χ1) is 24.7. The Morgan fingerprint density at radius 3 is 1.50 bits per heavy atom. The van der Waals surface area contributed by atoms with E-state index in [1.807, 2.05) is 54.6 Å². The number of benzene rings is 7. The molecule has 50 heavy (non-hydrogen) atoms. The van der Waals surface area contributed by atoms with Crippen LogP contribution in [0.4, 0.5) is 0 Å². The smallest absolute Gasteiger partial charge is 0.179 e. The maximum Gasteiger partial charge on any atom is 0.179 e. The van der Waals surface area contributed by atoms with E-state index in [0.717, 1.165) is 38.2 Å². The first-order valence-electron chi connectivity index (χ1n) is 16.4. The van der Waals surface area contributed by atoms with E-state index in [4.69, 9.17) is 0 Å². The van der Waals surface area contributed by atoms with E-state index >= 15 is 0 Å². The summed E-state index contributed by atoms with van der Waals surface area (Å²) < 4.78 is 2.08. The van der Waals surface area contributed by atoms with Gasteiger partial charge in [-0.05, 0) is 62.7 Å². The predicted octanol–water partition coefficient (Wildman–Crippen LogP) is 7.44. The highest BCUT2D eigenvalue weighted by Gasteiger charge is 2.41. The highest BCUT2D eigenvalue weighted by atomic mass is 28.3. The third-order valence-electron chi connectivity index (χ3n) is 9.63. The normalized spacial score (nSPS) is 11.1. The maximum absolute atomic E-state index is 10.7. The number of nitriles is 3. The molecule has 1 aromatic heterocycles. The van der Waals surface area contributed by atoms with Crippen LogP contribution in [-0.4, -0.2) is 12.6 Å². The lowest BCUT2D eigenvalue weighted by Gasteiger charge is -2.34. The van der Waals surface area contributed by atoms with Gasteiger partial charge >= 0.3 is 0 Å². The van der Waals surface area contributed by atoms with Gasteiger partial charge in [0.05, 0.1) is 45.9 Å². The highest BCUT2D eigenvalue weighted by molar-refractivity contribution is 7.19. The summed E-state index contributed by atoms with van der Waals surface area (Å²) in [5, 5.41) is 37.8. The van der Waals surface area contributed by atoms with Crippen molar-refractivity contribution in [2.75, 3.05) is 0 Å². The molecule has 8 aromatic rings. The van der Waals surface area contributed by atoms with Gasteiger partial charge in [-0.2, -0.15) is 15.8 Å². The van der Waals surface area contributed by atoms with Gasteiger partial charge in [0.15, 0.2) is 8.07 Å². The Morgan fingerprint density at radius 1 is 0.420 bits per heavy atom. The summed E-state index contributed by atoms with van der Waals surface area (Å²) in [6, 6.07) is 65.1. The van der Waals surface area contributed by atoms with Crippen molar-refractivity contribution in [3.05, 3.63) is 187 Å². The summed E-state index contributed by atoms with van der Waals surface area (Å²) in [6.07, 6.45) is 0. The maximum atomic E-state index is 10.7. The van der Waals surface area contributed by atoms with Crippen molar-refractivity contribution >= 4 is 50.6 Å². The fourth-order valence-electron chi connectivity index (χ4n) is 7.54. The summed E-state index contributed by atoms with van der Waals surface area (Å²) >= 11 is 0. The molecule has 0 radical (unpaired) electrons. The van der Waals surface area contributed by atoms with E-state index in [0.29, 0.717) is 22.3 Å². The zero-order valence-electron chi connectivity index (χ0n) is 27.0. The number of nitrogens with zero attached hydrogens (tertiary/aromatic N) is 4. The number of aromatic nitrogens is 1. The summed E-state index contributed by atoms with van der Waals surface area (Å²) in [5.74, 6) is 0. The molecule has 1 heterocycles. The Labute approximate surface area is 291 Å². The van der Waals surface area contributed by atoms with E-state index in [2.05, 4.69) is 132 Å². The van der Waals surface area contributed by atoms with Gasteiger partial charge in [0.2, 0.25) is 0 Å². The zero-order chi connectivity index (χ0) is 34.1. The molecule has 5 heteroatoms. The third-order valence-corrected chi connectivity index (χ3v) is 14.4. The number of hydrogen-bond acceptors (Lipinski definition) is 3. The molecule has 0 saturated carbocycles. The minimum absolute atomic E-state index is 0.419. The van der Waals surface area contributed by atoms with E-state index in [1.54, 1.807) is 6.07 Å². The molecule has 0 unspecified atom stereocenters. The molecular formula is C45H28N4Si. The second-order valence-electron chi connectivity index (χ2n) is 12.3. The largest absolute Gasteiger partial charge is 0.309 e. The van der Waals surface area contributed by atoms with Crippen molar-refractivity contribution in [3.63, 3.8) is 0 Å². The summed E-state index contributed by atoms with van der Waals surface area (Å²) in [7, 11) is -2.84. The molecule has 0 fully saturated rings. The fourth-order valence-corrected chi connectivity index (χ4v) is 12.3. The van der Waals surface area contributed by atoms with Gasteiger partial charge in [-0.1, -0.05) is 133 Å². The van der Waals surface area contributed by atoms with Crippen LogP contribution in [0, 0.1) is 34.0 Å². The number of para-hydroxylation sites is 1.